The standard InChI is InChI=1S/C6H6O2.C3H4O3/c7-5-3-1-2-4-6(5)8;1-2(4)3(5)6/h1-4,7-8H;1H3,(H,5,6). The fraction of sp³-hybridized carbons (Fsp3) is 0.111. The van der Waals surface area contributed by atoms with Gasteiger partial charge in [-0.2, -0.15) is 0 Å². The minimum absolute atomic E-state index is 0.0764. The first-order valence-corrected chi connectivity index (χ1v) is 3.66. The lowest BCUT2D eigenvalue weighted by molar-refractivity contribution is -0.148. The van der Waals surface area contributed by atoms with Gasteiger partial charge in [0.05, 0.1) is 0 Å². The Bertz CT molecular complexity index is 299. The van der Waals surface area contributed by atoms with E-state index in [9.17, 15) is 9.59 Å². The second kappa shape index (κ2) is 5.58. The van der Waals surface area contributed by atoms with Crippen LogP contribution in [0.4, 0.5) is 0 Å². The number of ketones is 1. The Morgan fingerprint density at radius 3 is 1.50 bits per heavy atom. The van der Waals surface area contributed by atoms with E-state index in [0.29, 0.717) is 0 Å². The number of carbonyl (C=O) groups is 2. The van der Waals surface area contributed by atoms with Crippen molar-refractivity contribution >= 4 is 11.8 Å². The molecule has 0 aliphatic rings. The molecule has 3 N–H and O–H groups in total. The van der Waals surface area contributed by atoms with Crippen molar-refractivity contribution in [3.63, 3.8) is 0 Å². The summed E-state index contributed by atoms with van der Waals surface area (Å²) in [5.74, 6) is -2.36. The van der Waals surface area contributed by atoms with Gasteiger partial charge >= 0.3 is 5.97 Å². The SMILES string of the molecule is CC(=O)C(=O)O.Oc1ccccc1O. The number of benzene rings is 1. The number of carboxylic acids is 1. The van der Waals surface area contributed by atoms with E-state index in [1.807, 2.05) is 0 Å². The number of carbonyl (C=O) groups excluding carboxylic acids is 1. The molecule has 14 heavy (non-hydrogen) atoms. The van der Waals surface area contributed by atoms with Crippen LogP contribution in [-0.2, 0) is 9.59 Å². The summed E-state index contributed by atoms with van der Waals surface area (Å²) in [7, 11) is 0. The number of aromatic hydroxyl groups is 2. The van der Waals surface area contributed by atoms with Crippen molar-refractivity contribution in [3.05, 3.63) is 24.3 Å². The molecule has 0 fully saturated rings. The summed E-state index contributed by atoms with van der Waals surface area (Å²) in [6.07, 6.45) is 0. The molecule has 0 aliphatic carbocycles. The highest BCUT2D eigenvalue weighted by molar-refractivity contribution is 6.31. The minimum Gasteiger partial charge on any atom is -0.504 e. The topological polar surface area (TPSA) is 94.8 Å². The van der Waals surface area contributed by atoms with Crippen LogP contribution in [0.3, 0.4) is 0 Å². The largest absolute Gasteiger partial charge is 0.504 e. The first-order chi connectivity index (χ1) is 6.45. The van der Waals surface area contributed by atoms with E-state index in [1.54, 1.807) is 12.1 Å². The Hall–Kier alpha value is -2.04. The van der Waals surface area contributed by atoms with Crippen molar-refractivity contribution in [2.24, 2.45) is 0 Å². The first kappa shape index (κ1) is 12.0. The Morgan fingerprint density at radius 1 is 1.07 bits per heavy atom. The van der Waals surface area contributed by atoms with Gasteiger partial charge in [-0.25, -0.2) is 4.79 Å². The summed E-state index contributed by atoms with van der Waals surface area (Å²) < 4.78 is 0. The summed E-state index contributed by atoms with van der Waals surface area (Å²) in [5, 5.41) is 25.0. The molecule has 1 rings (SSSR count). The molecule has 0 atom stereocenters. The van der Waals surface area contributed by atoms with Crippen LogP contribution in [-0.4, -0.2) is 27.1 Å². The molecule has 0 radical (unpaired) electrons. The van der Waals surface area contributed by atoms with Gasteiger partial charge in [-0.05, 0) is 12.1 Å². The van der Waals surface area contributed by atoms with E-state index in [4.69, 9.17) is 15.3 Å². The maximum Gasteiger partial charge on any atom is 0.371 e. The van der Waals surface area contributed by atoms with E-state index < -0.39 is 11.8 Å². The van der Waals surface area contributed by atoms with E-state index in [1.165, 1.54) is 12.1 Å². The molecule has 0 saturated carbocycles. The number of hydrogen-bond donors (Lipinski definition) is 3. The van der Waals surface area contributed by atoms with Gasteiger partial charge in [-0.3, -0.25) is 4.79 Å². The van der Waals surface area contributed by atoms with E-state index >= 15 is 0 Å². The predicted octanol–water partition coefficient (Wildman–Crippen LogP) is 0.758. The molecule has 0 aliphatic heterocycles. The van der Waals surface area contributed by atoms with Gasteiger partial charge in [0.2, 0.25) is 5.78 Å². The van der Waals surface area contributed by atoms with Crippen LogP contribution < -0.4 is 0 Å². The lowest BCUT2D eigenvalue weighted by atomic mass is 10.3. The third kappa shape index (κ3) is 4.76. The van der Waals surface area contributed by atoms with E-state index in [2.05, 4.69) is 0 Å². The second-order valence-corrected chi connectivity index (χ2v) is 2.35. The molecule has 0 saturated heterocycles. The number of carboxylic acid groups (broad SMARTS) is 1. The van der Waals surface area contributed by atoms with Crippen molar-refractivity contribution in [1.29, 1.82) is 0 Å². The molecule has 76 valence electrons. The van der Waals surface area contributed by atoms with Crippen molar-refractivity contribution in [2.75, 3.05) is 0 Å². The quantitative estimate of drug-likeness (QED) is 0.457. The van der Waals surface area contributed by atoms with E-state index in [-0.39, 0.29) is 11.5 Å². The van der Waals surface area contributed by atoms with Crippen LogP contribution in [0.1, 0.15) is 6.92 Å². The van der Waals surface area contributed by atoms with Gasteiger partial charge in [0.25, 0.3) is 0 Å². The lowest BCUT2D eigenvalue weighted by Crippen LogP contribution is -2.05. The summed E-state index contributed by atoms with van der Waals surface area (Å²) in [6.45, 7) is 1.00. The molecule has 0 aromatic heterocycles. The molecule has 0 heterocycles. The summed E-state index contributed by atoms with van der Waals surface area (Å²) in [4.78, 5) is 18.9. The van der Waals surface area contributed by atoms with Crippen molar-refractivity contribution in [2.45, 2.75) is 6.92 Å². The highest BCUT2D eigenvalue weighted by Gasteiger charge is 1.99. The van der Waals surface area contributed by atoms with Crippen molar-refractivity contribution in [1.82, 2.24) is 0 Å². The Balaban J connectivity index is 0.000000255. The molecule has 0 unspecified atom stereocenters. The number of aliphatic carboxylic acids is 1. The number of phenols is 2. The molecule has 0 spiro atoms. The zero-order chi connectivity index (χ0) is 11.1. The molecule has 5 heteroatoms. The molecular weight excluding hydrogens is 188 g/mol. The van der Waals surface area contributed by atoms with Crippen molar-refractivity contribution in [3.8, 4) is 11.5 Å². The molecule has 5 nitrogen and oxygen atoms in total. The first-order valence-electron chi connectivity index (χ1n) is 3.66. The van der Waals surface area contributed by atoms with Gasteiger partial charge in [0.1, 0.15) is 0 Å². The summed E-state index contributed by atoms with van der Waals surface area (Å²) in [6, 6.07) is 6.15. The normalized spacial score (nSPS) is 8.36. The fourth-order valence-corrected chi connectivity index (χ4v) is 0.464. The second-order valence-electron chi connectivity index (χ2n) is 2.35. The van der Waals surface area contributed by atoms with Crippen LogP contribution in [0.2, 0.25) is 0 Å². The zero-order valence-electron chi connectivity index (χ0n) is 7.47. The number of rotatable bonds is 1. The Kier molecular flexibility index (Phi) is 4.77. The smallest absolute Gasteiger partial charge is 0.371 e. The number of phenolic OH excluding ortho intramolecular Hbond substituents is 2. The average molecular weight is 198 g/mol. The summed E-state index contributed by atoms with van der Waals surface area (Å²) >= 11 is 0. The molecule has 1 aromatic carbocycles. The highest BCUT2D eigenvalue weighted by atomic mass is 16.4. The highest BCUT2D eigenvalue weighted by Crippen LogP contribution is 2.21. The van der Waals surface area contributed by atoms with Crippen molar-refractivity contribution < 1.29 is 24.9 Å². The Labute approximate surface area is 80.2 Å². The minimum atomic E-state index is -1.38. The van der Waals surface area contributed by atoms with Crippen LogP contribution in [0.25, 0.3) is 0 Å². The summed E-state index contributed by atoms with van der Waals surface area (Å²) in [5.41, 5.74) is 0. The zero-order valence-corrected chi connectivity index (χ0v) is 7.47. The van der Waals surface area contributed by atoms with Gasteiger partial charge in [-0.15, -0.1) is 0 Å². The maximum absolute atomic E-state index is 9.54. The number of para-hydroxylation sites is 2. The third-order valence-electron chi connectivity index (χ3n) is 1.18. The number of hydrogen-bond acceptors (Lipinski definition) is 4. The van der Waals surface area contributed by atoms with Crippen LogP contribution in [0, 0.1) is 0 Å². The number of Topliss-reactive ketones (excluding diaryl/α,β-unsaturated/α-hetero) is 1. The third-order valence-corrected chi connectivity index (χ3v) is 1.18. The van der Waals surface area contributed by atoms with Gasteiger partial charge in [0, 0.05) is 6.92 Å². The monoisotopic (exact) mass is 198 g/mol. The molecule has 0 amide bonds. The van der Waals surface area contributed by atoms with Gasteiger partial charge in [0.15, 0.2) is 11.5 Å². The predicted molar refractivity (Wildman–Crippen MR) is 48.1 cm³/mol. The van der Waals surface area contributed by atoms with Gasteiger partial charge in [-0.1, -0.05) is 12.1 Å². The molecular formula is C9H10O5. The average Bonchev–Trinajstić information content (AvgIpc) is 2.11. The Morgan fingerprint density at radius 2 is 1.36 bits per heavy atom. The molecule has 1 aromatic rings. The van der Waals surface area contributed by atoms with Gasteiger partial charge < -0.3 is 15.3 Å². The van der Waals surface area contributed by atoms with E-state index in [0.717, 1.165) is 6.92 Å². The maximum atomic E-state index is 9.54. The van der Waals surface area contributed by atoms with Crippen LogP contribution in [0.15, 0.2) is 24.3 Å². The van der Waals surface area contributed by atoms with Crippen LogP contribution >= 0.6 is 0 Å². The lowest BCUT2D eigenvalue weighted by Gasteiger charge is -1.91. The molecule has 0 bridgehead atoms. The van der Waals surface area contributed by atoms with Crippen LogP contribution in [0.5, 0.6) is 11.5 Å². The fourth-order valence-electron chi connectivity index (χ4n) is 0.464.